The van der Waals surface area contributed by atoms with Gasteiger partial charge in [0.25, 0.3) is 0 Å². The van der Waals surface area contributed by atoms with Gasteiger partial charge < -0.3 is 11.1 Å². The van der Waals surface area contributed by atoms with Crippen LogP contribution in [0.15, 0.2) is 0 Å². The Morgan fingerprint density at radius 2 is 1.92 bits per heavy atom. The Bertz CT molecular complexity index is 163. The molecule has 0 saturated heterocycles. The Kier molecular flexibility index (Phi) is 3.18. The Morgan fingerprint density at radius 1 is 1.31 bits per heavy atom. The molecule has 5 heteroatoms. The molecule has 0 atom stereocenters. The van der Waals surface area contributed by atoms with Crippen LogP contribution in [-0.4, -0.2) is 25.8 Å². The lowest BCUT2D eigenvalue weighted by atomic mass is 10.1. The van der Waals surface area contributed by atoms with Crippen molar-refractivity contribution in [2.75, 3.05) is 19.6 Å². The summed E-state index contributed by atoms with van der Waals surface area (Å²) in [5.74, 6) is 0. The molecule has 0 spiro atoms. The highest BCUT2D eigenvalue weighted by Crippen LogP contribution is 2.43. The third kappa shape index (κ3) is 3.95. The first-order valence-corrected chi connectivity index (χ1v) is 4.45. The van der Waals surface area contributed by atoms with Crippen molar-refractivity contribution in [3.63, 3.8) is 0 Å². The molecule has 0 radical (unpaired) electrons. The maximum absolute atomic E-state index is 11.7. The van der Waals surface area contributed by atoms with Gasteiger partial charge in [-0.3, -0.25) is 0 Å². The lowest BCUT2D eigenvalue weighted by Gasteiger charge is -2.13. The topological polar surface area (TPSA) is 38.0 Å². The van der Waals surface area contributed by atoms with Crippen LogP contribution in [0.4, 0.5) is 13.2 Å². The molecule has 0 amide bonds. The Morgan fingerprint density at radius 3 is 2.31 bits per heavy atom. The van der Waals surface area contributed by atoms with E-state index < -0.39 is 12.6 Å². The van der Waals surface area contributed by atoms with Gasteiger partial charge in [-0.05, 0) is 24.8 Å². The fraction of sp³-hybridized carbons (Fsp3) is 1.00. The zero-order chi connectivity index (χ0) is 9.95. The van der Waals surface area contributed by atoms with Crippen LogP contribution in [0.2, 0.25) is 0 Å². The highest BCUT2D eigenvalue weighted by Gasteiger charge is 2.40. The van der Waals surface area contributed by atoms with Crippen LogP contribution < -0.4 is 11.1 Å². The van der Waals surface area contributed by atoms with E-state index in [-0.39, 0.29) is 12.0 Å². The molecular formula is C8H15F3N2. The van der Waals surface area contributed by atoms with Gasteiger partial charge >= 0.3 is 6.18 Å². The van der Waals surface area contributed by atoms with Gasteiger partial charge in [-0.25, -0.2) is 0 Å². The third-order valence-corrected chi connectivity index (χ3v) is 2.48. The van der Waals surface area contributed by atoms with Crippen molar-refractivity contribution in [2.45, 2.75) is 25.4 Å². The van der Waals surface area contributed by atoms with E-state index in [4.69, 9.17) is 5.73 Å². The van der Waals surface area contributed by atoms with Gasteiger partial charge in [0, 0.05) is 13.1 Å². The van der Waals surface area contributed by atoms with Crippen molar-refractivity contribution in [3.8, 4) is 0 Å². The average Bonchev–Trinajstić information content (AvgIpc) is 2.78. The number of hydrogen-bond acceptors (Lipinski definition) is 2. The molecule has 0 unspecified atom stereocenters. The molecule has 0 aromatic carbocycles. The number of nitrogens with two attached hydrogens (primary N) is 1. The van der Waals surface area contributed by atoms with E-state index in [1.807, 2.05) is 0 Å². The summed E-state index contributed by atoms with van der Waals surface area (Å²) in [6.45, 7) is 1.21. The minimum Gasteiger partial charge on any atom is -0.330 e. The monoisotopic (exact) mass is 196 g/mol. The van der Waals surface area contributed by atoms with Crippen LogP contribution in [0.1, 0.15) is 19.3 Å². The summed E-state index contributed by atoms with van der Waals surface area (Å²) in [5, 5.41) is 2.80. The summed E-state index contributed by atoms with van der Waals surface area (Å²) in [7, 11) is 0. The van der Waals surface area contributed by atoms with Gasteiger partial charge in [0.05, 0.1) is 6.42 Å². The highest BCUT2D eigenvalue weighted by molar-refractivity contribution is 4.95. The fourth-order valence-electron chi connectivity index (χ4n) is 1.21. The second-order valence-electron chi connectivity index (χ2n) is 3.75. The molecule has 1 aliphatic rings. The van der Waals surface area contributed by atoms with E-state index in [1.165, 1.54) is 0 Å². The Labute approximate surface area is 75.7 Å². The van der Waals surface area contributed by atoms with Crippen LogP contribution in [0.5, 0.6) is 0 Å². The van der Waals surface area contributed by atoms with Gasteiger partial charge in [0.2, 0.25) is 0 Å². The van der Waals surface area contributed by atoms with E-state index in [2.05, 4.69) is 5.32 Å². The summed E-state index contributed by atoms with van der Waals surface area (Å²) in [6.07, 6.45) is -2.72. The van der Waals surface area contributed by atoms with Crippen LogP contribution >= 0.6 is 0 Å². The second-order valence-corrected chi connectivity index (χ2v) is 3.75. The van der Waals surface area contributed by atoms with Gasteiger partial charge in [-0.1, -0.05) is 0 Å². The van der Waals surface area contributed by atoms with E-state index in [9.17, 15) is 13.2 Å². The SMILES string of the molecule is NCC1(CNCCC(F)(F)F)CC1. The summed E-state index contributed by atoms with van der Waals surface area (Å²) in [5.41, 5.74) is 5.59. The van der Waals surface area contributed by atoms with Crippen LogP contribution in [0, 0.1) is 5.41 Å². The molecular weight excluding hydrogens is 181 g/mol. The predicted molar refractivity (Wildman–Crippen MR) is 44.3 cm³/mol. The highest BCUT2D eigenvalue weighted by atomic mass is 19.4. The van der Waals surface area contributed by atoms with Gasteiger partial charge in [0.15, 0.2) is 0 Å². The maximum Gasteiger partial charge on any atom is 0.390 e. The van der Waals surface area contributed by atoms with Crippen LogP contribution in [0.3, 0.4) is 0 Å². The minimum atomic E-state index is -4.05. The lowest BCUT2D eigenvalue weighted by Crippen LogP contribution is -2.31. The van der Waals surface area contributed by atoms with Gasteiger partial charge in [-0.15, -0.1) is 0 Å². The molecule has 13 heavy (non-hydrogen) atoms. The molecule has 0 heterocycles. The van der Waals surface area contributed by atoms with E-state index in [0.29, 0.717) is 13.1 Å². The molecule has 1 aliphatic carbocycles. The Balaban J connectivity index is 2.02. The standard InChI is InChI=1S/C8H15F3N2/c9-8(10,11)3-4-13-6-7(5-12)1-2-7/h13H,1-6,12H2. The molecule has 1 saturated carbocycles. The first kappa shape index (κ1) is 10.8. The largest absolute Gasteiger partial charge is 0.390 e. The molecule has 1 fully saturated rings. The average molecular weight is 196 g/mol. The van der Waals surface area contributed by atoms with Crippen molar-refractivity contribution in [1.82, 2.24) is 5.32 Å². The third-order valence-electron chi connectivity index (χ3n) is 2.48. The van der Waals surface area contributed by atoms with E-state index in [0.717, 1.165) is 12.8 Å². The molecule has 0 aromatic heterocycles. The van der Waals surface area contributed by atoms with Crippen molar-refractivity contribution < 1.29 is 13.2 Å². The van der Waals surface area contributed by atoms with Crippen molar-refractivity contribution in [1.29, 1.82) is 0 Å². The predicted octanol–water partition coefficient (Wildman–Crippen LogP) is 1.27. The molecule has 78 valence electrons. The molecule has 3 N–H and O–H groups in total. The Hall–Kier alpha value is -0.290. The van der Waals surface area contributed by atoms with Crippen LogP contribution in [-0.2, 0) is 0 Å². The normalized spacial score (nSPS) is 20.3. The van der Waals surface area contributed by atoms with Crippen molar-refractivity contribution in [2.24, 2.45) is 11.1 Å². The molecule has 2 nitrogen and oxygen atoms in total. The van der Waals surface area contributed by atoms with Crippen molar-refractivity contribution >= 4 is 0 Å². The minimum absolute atomic E-state index is 0.00521. The summed E-state index contributed by atoms with van der Waals surface area (Å²) < 4.78 is 35.1. The van der Waals surface area contributed by atoms with E-state index >= 15 is 0 Å². The quantitative estimate of drug-likeness (QED) is 0.650. The van der Waals surface area contributed by atoms with E-state index in [1.54, 1.807) is 0 Å². The molecule has 0 aliphatic heterocycles. The molecule has 0 aromatic rings. The van der Waals surface area contributed by atoms with Gasteiger partial charge in [0.1, 0.15) is 0 Å². The number of nitrogens with one attached hydrogen (secondary N) is 1. The zero-order valence-electron chi connectivity index (χ0n) is 7.45. The number of halogens is 3. The number of alkyl halides is 3. The van der Waals surface area contributed by atoms with Gasteiger partial charge in [-0.2, -0.15) is 13.2 Å². The maximum atomic E-state index is 11.7. The summed E-state index contributed by atoms with van der Waals surface area (Å²) in [4.78, 5) is 0. The van der Waals surface area contributed by atoms with Crippen LogP contribution in [0.25, 0.3) is 0 Å². The summed E-state index contributed by atoms with van der Waals surface area (Å²) >= 11 is 0. The smallest absolute Gasteiger partial charge is 0.330 e. The molecule has 0 bridgehead atoms. The van der Waals surface area contributed by atoms with Crippen molar-refractivity contribution in [3.05, 3.63) is 0 Å². The summed E-state index contributed by atoms with van der Waals surface area (Å²) in [6, 6.07) is 0. The number of hydrogen-bond donors (Lipinski definition) is 2. The second kappa shape index (κ2) is 3.84. The number of rotatable bonds is 5. The first-order valence-electron chi connectivity index (χ1n) is 4.45. The molecule has 1 rings (SSSR count). The first-order chi connectivity index (χ1) is 5.97. The zero-order valence-corrected chi connectivity index (χ0v) is 7.45. The lowest BCUT2D eigenvalue weighted by molar-refractivity contribution is -0.133. The fourth-order valence-corrected chi connectivity index (χ4v) is 1.21.